The number of carbonyl (C=O) groups excluding carboxylic acids is 1. The molecule has 0 N–H and O–H groups in total. The maximum Gasteiger partial charge on any atom is 0.287 e. The van der Waals surface area contributed by atoms with Crippen molar-refractivity contribution in [2.75, 3.05) is 13.1 Å². The lowest BCUT2D eigenvalue weighted by Crippen LogP contribution is -2.23. The average molecular weight is 244 g/mol. The van der Waals surface area contributed by atoms with Gasteiger partial charge in [0, 0.05) is 0 Å². The van der Waals surface area contributed by atoms with Gasteiger partial charge in [0.05, 0.1) is 6.54 Å². The van der Waals surface area contributed by atoms with E-state index in [2.05, 4.69) is 18.7 Å². The topological polar surface area (TPSA) is 33.5 Å². The van der Waals surface area contributed by atoms with Crippen LogP contribution in [0.15, 0.2) is 16.5 Å². The Kier molecular flexibility index (Phi) is 5.56. The fourth-order valence-electron chi connectivity index (χ4n) is 1.52. The second-order valence-corrected chi connectivity index (χ2v) is 4.11. The molecule has 0 amide bonds. The third-order valence-electron chi connectivity index (χ3n) is 2.51. The van der Waals surface area contributed by atoms with Gasteiger partial charge >= 0.3 is 0 Å². The number of unbranched alkanes of at least 4 members (excludes halogenated alkanes) is 1. The summed E-state index contributed by atoms with van der Waals surface area (Å²) in [4.78, 5) is 13.1. The maximum absolute atomic E-state index is 10.8. The van der Waals surface area contributed by atoms with Gasteiger partial charge in [-0.05, 0) is 43.2 Å². The van der Waals surface area contributed by atoms with E-state index in [0.29, 0.717) is 0 Å². The molecule has 0 aliphatic rings. The highest BCUT2D eigenvalue weighted by atomic mass is 35.5. The summed E-state index contributed by atoms with van der Waals surface area (Å²) >= 11 is 5.32. The summed E-state index contributed by atoms with van der Waals surface area (Å²) in [5.41, 5.74) is 0. The Morgan fingerprint density at radius 2 is 2.19 bits per heavy atom. The molecule has 0 spiro atoms. The maximum atomic E-state index is 10.8. The fraction of sp³-hybridized carbons (Fsp3) is 0.583. The standard InChI is InChI=1S/C12H18ClNO2/c1-3-5-8-14(4-2)9-10-6-7-11(16-10)12(13)15/h6-7H,3-5,8-9H2,1-2H3. The van der Waals surface area contributed by atoms with Crippen LogP contribution in [-0.4, -0.2) is 23.2 Å². The van der Waals surface area contributed by atoms with Crippen LogP contribution in [0, 0.1) is 0 Å². The van der Waals surface area contributed by atoms with E-state index in [4.69, 9.17) is 16.0 Å². The molecular weight excluding hydrogens is 226 g/mol. The van der Waals surface area contributed by atoms with E-state index < -0.39 is 5.24 Å². The van der Waals surface area contributed by atoms with Gasteiger partial charge in [0.15, 0.2) is 5.76 Å². The van der Waals surface area contributed by atoms with E-state index >= 15 is 0 Å². The van der Waals surface area contributed by atoms with Crippen LogP contribution in [0.25, 0.3) is 0 Å². The van der Waals surface area contributed by atoms with Crippen molar-refractivity contribution in [2.45, 2.75) is 33.2 Å². The molecule has 0 aromatic carbocycles. The van der Waals surface area contributed by atoms with E-state index in [1.165, 1.54) is 12.8 Å². The van der Waals surface area contributed by atoms with Crippen molar-refractivity contribution < 1.29 is 9.21 Å². The molecule has 0 aliphatic heterocycles. The van der Waals surface area contributed by atoms with Crippen molar-refractivity contribution in [3.63, 3.8) is 0 Å². The number of carbonyl (C=O) groups is 1. The Balaban J connectivity index is 2.52. The molecule has 4 heteroatoms. The average Bonchev–Trinajstić information content (AvgIpc) is 2.72. The van der Waals surface area contributed by atoms with Gasteiger partial charge in [0.1, 0.15) is 5.76 Å². The highest BCUT2D eigenvalue weighted by Crippen LogP contribution is 2.12. The lowest BCUT2D eigenvalue weighted by atomic mass is 10.3. The zero-order valence-electron chi connectivity index (χ0n) is 9.83. The first-order chi connectivity index (χ1) is 7.67. The predicted octanol–water partition coefficient (Wildman–Crippen LogP) is 3.28. The van der Waals surface area contributed by atoms with Crippen LogP contribution in [0.1, 0.15) is 43.0 Å². The zero-order chi connectivity index (χ0) is 12.0. The van der Waals surface area contributed by atoms with Gasteiger partial charge in [-0.2, -0.15) is 0 Å². The summed E-state index contributed by atoms with van der Waals surface area (Å²) < 4.78 is 5.33. The number of rotatable bonds is 7. The Labute approximate surface area is 101 Å². The van der Waals surface area contributed by atoms with E-state index in [9.17, 15) is 4.79 Å². The minimum Gasteiger partial charge on any atom is -0.455 e. The number of nitrogens with zero attached hydrogens (tertiary/aromatic N) is 1. The van der Waals surface area contributed by atoms with Gasteiger partial charge in [-0.15, -0.1) is 0 Å². The number of furan rings is 1. The van der Waals surface area contributed by atoms with Gasteiger partial charge in [-0.3, -0.25) is 9.69 Å². The summed E-state index contributed by atoms with van der Waals surface area (Å²) in [6, 6.07) is 3.43. The molecular formula is C12H18ClNO2. The molecule has 0 aliphatic carbocycles. The summed E-state index contributed by atoms with van der Waals surface area (Å²) in [6.45, 7) is 7.06. The van der Waals surface area contributed by atoms with Gasteiger partial charge in [-0.25, -0.2) is 0 Å². The SMILES string of the molecule is CCCCN(CC)Cc1ccc(C(=O)Cl)o1. The molecule has 0 saturated heterocycles. The summed E-state index contributed by atoms with van der Waals surface area (Å²) in [7, 11) is 0. The Morgan fingerprint density at radius 1 is 1.44 bits per heavy atom. The third kappa shape index (κ3) is 3.99. The van der Waals surface area contributed by atoms with Gasteiger partial charge in [-0.1, -0.05) is 20.3 Å². The van der Waals surface area contributed by atoms with Crippen molar-refractivity contribution in [3.8, 4) is 0 Å². The summed E-state index contributed by atoms with van der Waals surface area (Å²) in [5, 5.41) is -0.539. The van der Waals surface area contributed by atoms with Crippen LogP contribution >= 0.6 is 11.6 Å². The molecule has 1 rings (SSSR count). The lowest BCUT2D eigenvalue weighted by Gasteiger charge is -2.18. The smallest absolute Gasteiger partial charge is 0.287 e. The first-order valence-electron chi connectivity index (χ1n) is 5.68. The molecule has 0 fully saturated rings. The van der Waals surface area contributed by atoms with Crippen molar-refractivity contribution in [1.82, 2.24) is 4.90 Å². The molecule has 3 nitrogen and oxygen atoms in total. The van der Waals surface area contributed by atoms with Gasteiger partial charge < -0.3 is 4.42 Å². The number of hydrogen-bond donors (Lipinski definition) is 0. The highest BCUT2D eigenvalue weighted by molar-refractivity contribution is 6.67. The van der Waals surface area contributed by atoms with Crippen LogP contribution in [0.2, 0.25) is 0 Å². The van der Waals surface area contributed by atoms with Crippen molar-refractivity contribution in [3.05, 3.63) is 23.7 Å². The third-order valence-corrected chi connectivity index (χ3v) is 2.70. The first-order valence-corrected chi connectivity index (χ1v) is 6.06. The van der Waals surface area contributed by atoms with Crippen molar-refractivity contribution in [1.29, 1.82) is 0 Å². The molecule has 90 valence electrons. The predicted molar refractivity (Wildman–Crippen MR) is 64.8 cm³/mol. The normalized spacial score (nSPS) is 11.0. The van der Waals surface area contributed by atoms with Crippen LogP contribution < -0.4 is 0 Å². The Hall–Kier alpha value is -0.800. The van der Waals surface area contributed by atoms with E-state index in [1.807, 2.05) is 6.07 Å². The van der Waals surface area contributed by atoms with Crippen LogP contribution in [0.4, 0.5) is 0 Å². The molecule has 16 heavy (non-hydrogen) atoms. The minimum atomic E-state index is -0.539. The number of hydrogen-bond acceptors (Lipinski definition) is 3. The first kappa shape index (κ1) is 13.3. The van der Waals surface area contributed by atoms with Crippen molar-refractivity contribution in [2.24, 2.45) is 0 Å². The van der Waals surface area contributed by atoms with E-state index in [1.54, 1.807) is 6.07 Å². The van der Waals surface area contributed by atoms with Crippen LogP contribution in [-0.2, 0) is 6.54 Å². The second-order valence-electron chi connectivity index (χ2n) is 3.76. The molecule has 1 aromatic heterocycles. The second kappa shape index (κ2) is 6.71. The van der Waals surface area contributed by atoms with Crippen molar-refractivity contribution >= 4 is 16.8 Å². The molecule has 0 radical (unpaired) electrons. The zero-order valence-corrected chi connectivity index (χ0v) is 10.6. The summed E-state index contributed by atoms with van der Waals surface area (Å²) in [6.07, 6.45) is 2.36. The van der Waals surface area contributed by atoms with E-state index in [0.717, 1.165) is 25.4 Å². The molecule has 1 aromatic rings. The molecule has 0 unspecified atom stereocenters. The molecule has 0 atom stereocenters. The highest BCUT2D eigenvalue weighted by Gasteiger charge is 2.10. The minimum absolute atomic E-state index is 0.225. The Morgan fingerprint density at radius 3 is 2.69 bits per heavy atom. The Bertz CT molecular complexity index is 336. The quantitative estimate of drug-likeness (QED) is 0.689. The lowest BCUT2D eigenvalue weighted by molar-refractivity contribution is 0.105. The summed E-state index contributed by atoms with van der Waals surface area (Å²) in [5.74, 6) is 1.02. The molecule has 1 heterocycles. The van der Waals surface area contributed by atoms with Crippen LogP contribution in [0.5, 0.6) is 0 Å². The van der Waals surface area contributed by atoms with Gasteiger partial charge in [0.25, 0.3) is 5.24 Å². The fourth-order valence-corrected chi connectivity index (χ4v) is 1.62. The molecule has 0 saturated carbocycles. The number of halogens is 1. The van der Waals surface area contributed by atoms with Crippen LogP contribution in [0.3, 0.4) is 0 Å². The van der Waals surface area contributed by atoms with Gasteiger partial charge in [0.2, 0.25) is 0 Å². The monoisotopic (exact) mass is 243 g/mol. The molecule has 0 bridgehead atoms. The largest absolute Gasteiger partial charge is 0.455 e. The van der Waals surface area contributed by atoms with E-state index in [-0.39, 0.29) is 5.76 Å².